The lowest BCUT2D eigenvalue weighted by Crippen LogP contribution is -2.54. The van der Waals surface area contributed by atoms with Crippen molar-refractivity contribution in [1.82, 2.24) is 10.2 Å². The van der Waals surface area contributed by atoms with E-state index in [4.69, 9.17) is 6.42 Å². The van der Waals surface area contributed by atoms with Gasteiger partial charge in [0.1, 0.15) is 6.04 Å². The molecule has 2 aliphatic rings. The van der Waals surface area contributed by atoms with Crippen LogP contribution in [0.1, 0.15) is 39.1 Å². The van der Waals surface area contributed by atoms with Gasteiger partial charge in [-0.15, -0.1) is 6.42 Å². The number of carbonyl (C=O) groups is 4. The molecule has 1 saturated heterocycles. The first-order valence-corrected chi connectivity index (χ1v) is 6.36. The van der Waals surface area contributed by atoms with E-state index in [1.54, 1.807) is 12.1 Å². The van der Waals surface area contributed by atoms with Gasteiger partial charge in [0.2, 0.25) is 11.8 Å². The molecule has 2 aliphatic heterocycles. The Kier molecular flexibility index (Phi) is 2.84. The van der Waals surface area contributed by atoms with Gasteiger partial charge in [0.05, 0.1) is 11.1 Å². The number of amides is 4. The van der Waals surface area contributed by atoms with E-state index < -0.39 is 29.7 Å². The average Bonchev–Trinajstić information content (AvgIpc) is 2.72. The summed E-state index contributed by atoms with van der Waals surface area (Å²) in [4.78, 5) is 48.8. The van der Waals surface area contributed by atoms with Crippen molar-refractivity contribution < 1.29 is 19.2 Å². The molecule has 6 nitrogen and oxygen atoms in total. The molecule has 4 amide bonds. The Morgan fingerprint density at radius 2 is 1.95 bits per heavy atom. The summed E-state index contributed by atoms with van der Waals surface area (Å²) in [7, 11) is 0. The van der Waals surface area contributed by atoms with Crippen molar-refractivity contribution in [1.29, 1.82) is 0 Å². The maximum Gasteiger partial charge on any atom is 0.263 e. The smallest absolute Gasteiger partial charge is 0.263 e. The molecule has 1 aromatic carbocycles. The van der Waals surface area contributed by atoms with Gasteiger partial charge < -0.3 is 0 Å². The molecule has 0 saturated carbocycles. The first kappa shape index (κ1) is 13.1. The standard InChI is InChI=1S/C15H10N2O4/c1-2-8-4-3-5-9-12(8)15(21)17(14(9)20)10-6-7-11(18)16-13(10)19/h1,3-5,10H,6-7H2,(H,16,18,19). The van der Waals surface area contributed by atoms with E-state index in [0.717, 1.165) is 4.90 Å². The fourth-order valence-corrected chi connectivity index (χ4v) is 2.64. The van der Waals surface area contributed by atoms with Gasteiger partial charge in [-0.3, -0.25) is 29.4 Å². The molecule has 21 heavy (non-hydrogen) atoms. The minimum absolute atomic E-state index is 0.0891. The number of nitrogens with one attached hydrogen (secondary N) is 1. The van der Waals surface area contributed by atoms with Crippen molar-refractivity contribution in [3.05, 3.63) is 34.9 Å². The van der Waals surface area contributed by atoms with E-state index in [0.29, 0.717) is 5.56 Å². The topological polar surface area (TPSA) is 83.6 Å². The second-order valence-electron chi connectivity index (χ2n) is 4.82. The second kappa shape index (κ2) is 4.56. The fraction of sp³-hybridized carbons (Fsp3) is 0.200. The molecule has 1 atom stereocenters. The van der Waals surface area contributed by atoms with Gasteiger partial charge in [-0.2, -0.15) is 0 Å². The molecule has 0 aromatic heterocycles. The number of hydrogen-bond donors (Lipinski definition) is 1. The minimum atomic E-state index is -0.972. The van der Waals surface area contributed by atoms with E-state index in [9.17, 15) is 19.2 Å². The zero-order chi connectivity index (χ0) is 15.1. The number of terminal acetylenes is 1. The van der Waals surface area contributed by atoms with Crippen LogP contribution in [-0.4, -0.2) is 34.6 Å². The van der Waals surface area contributed by atoms with E-state index in [1.165, 1.54) is 6.07 Å². The summed E-state index contributed by atoms with van der Waals surface area (Å²) >= 11 is 0. The van der Waals surface area contributed by atoms with Crippen LogP contribution >= 0.6 is 0 Å². The number of fused-ring (bicyclic) bond motifs is 1. The van der Waals surface area contributed by atoms with Crippen LogP contribution in [0.5, 0.6) is 0 Å². The molecule has 0 radical (unpaired) electrons. The maximum absolute atomic E-state index is 12.5. The molecular formula is C15H10N2O4. The van der Waals surface area contributed by atoms with Crippen LogP contribution in [0.3, 0.4) is 0 Å². The predicted octanol–water partition coefficient (Wildman–Crippen LogP) is 0.0691. The van der Waals surface area contributed by atoms with Gasteiger partial charge in [0.15, 0.2) is 0 Å². The van der Waals surface area contributed by atoms with Crippen molar-refractivity contribution in [2.75, 3.05) is 0 Å². The third-order valence-electron chi connectivity index (χ3n) is 3.62. The van der Waals surface area contributed by atoms with Crippen molar-refractivity contribution in [2.24, 2.45) is 0 Å². The highest BCUT2D eigenvalue weighted by atomic mass is 16.2. The van der Waals surface area contributed by atoms with Crippen molar-refractivity contribution in [3.8, 4) is 12.3 Å². The lowest BCUT2D eigenvalue weighted by molar-refractivity contribution is -0.136. The van der Waals surface area contributed by atoms with Crippen LogP contribution in [0.2, 0.25) is 0 Å². The summed E-state index contributed by atoms with van der Waals surface area (Å²) in [5.41, 5.74) is 0.662. The highest BCUT2D eigenvalue weighted by Gasteiger charge is 2.45. The van der Waals surface area contributed by atoms with Crippen LogP contribution in [-0.2, 0) is 9.59 Å². The van der Waals surface area contributed by atoms with E-state index in [-0.39, 0.29) is 24.0 Å². The zero-order valence-electron chi connectivity index (χ0n) is 10.9. The van der Waals surface area contributed by atoms with Crippen LogP contribution < -0.4 is 5.32 Å². The highest BCUT2D eigenvalue weighted by Crippen LogP contribution is 2.29. The fourth-order valence-electron chi connectivity index (χ4n) is 2.64. The number of piperidine rings is 1. The molecule has 2 heterocycles. The van der Waals surface area contributed by atoms with E-state index >= 15 is 0 Å². The molecule has 0 spiro atoms. The summed E-state index contributed by atoms with van der Waals surface area (Å²) in [6.45, 7) is 0. The third-order valence-corrected chi connectivity index (χ3v) is 3.62. The van der Waals surface area contributed by atoms with Crippen LogP contribution in [0.25, 0.3) is 0 Å². The molecule has 6 heteroatoms. The molecule has 1 aromatic rings. The van der Waals surface area contributed by atoms with Crippen LogP contribution in [0.15, 0.2) is 18.2 Å². The van der Waals surface area contributed by atoms with Crippen molar-refractivity contribution >= 4 is 23.6 Å². The zero-order valence-corrected chi connectivity index (χ0v) is 10.9. The average molecular weight is 282 g/mol. The Hall–Kier alpha value is -2.94. The molecule has 3 rings (SSSR count). The SMILES string of the molecule is C#Cc1cccc2c1C(=O)N(C1CCC(=O)NC1=O)C2=O. The van der Waals surface area contributed by atoms with Crippen LogP contribution in [0, 0.1) is 12.3 Å². The molecular weight excluding hydrogens is 272 g/mol. The highest BCUT2D eigenvalue weighted by molar-refractivity contribution is 6.24. The summed E-state index contributed by atoms with van der Waals surface area (Å²) < 4.78 is 0. The van der Waals surface area contributed by atoms with E-state index in [2.05, 4.69) is 11.2 Å². The number of imide groups is 2. The van der Waals surface area contributed by atoms with Crippen molar-refractivity contribution in [2.45, 2.75) is 18.9 Å². The predicted molar refractivity (Wildman–Crippen MR) is 71.0 cm³/mol. The Labute approximate surface area is 120 Å². The first-order valence-electron chi connectivity index (χ1n) is 6.36. The van der Waals surface area contributed by atoms with Gasteiger partial charge in [-0.25, -0.2) is 0 Å². The molecule has 104 valence electrons. The lowest BCUT2D eigenvalue weighted by atomic mass is 10.0. The summed E-state index contributed by atoms with van der Waals surface area (Å²) in [6.07, 6.45) is 5.56. The summed E-state index contributed by atoms with van der Waals surface area (Å²) in [5.74, 6) is 0.185. The van der Waals surface area contributed by atoms with Gasteiger partial charge in [-0.1, -0.05) is 12.0 Å². The minimum Gasteiger partial charge on any atom is -0.295 e. The van der Waals surface area contributed by atoms with E-state index in [1.807, 2.05) is 0 Å². The Morgan fingerprint density at radius 3 is 2.62 bits per heavy atom. The van der Waals surface area contributed by atoms with Gasteiger partial charge in [0.25, 0.3) is 11.8 Å². The van der Waals surface area contributed by atoms with Gasteiger partial charge in [-0.05, 0) is 18.6 Å². The molecule has 1 N–H and O–H groups in total. The summed E-state index contributed by atoms with van der Waals surface area (Å²) in [5, 5.41) is 2.14. The second-order valence-corrected chi connectivity index (χ2v) is 4.82. The largest absolute Gasteiger partial charge is 0.295 e. The normalized spacial score (nSPS) is 21.1. The molecule has 0 aliphatic carbocycles. The number of benzene rings is 1. The van der Waals surface area contributed by atoms with Crippen molar-refractivity contribution in [3.63, 3.8) is 0 Å². The van der Waals surface area contributed by atoms with Gasteiger partial charge in [0, 0.05) is 12.0 Å². The quantitative estimate of drug-likeness (QED) is 0.583. The van der Waals surface area contributed by atoms with Crippen LogP contribution in [0.4, 0.5) is 0 Å². The number of nitrogens with zero attached hydrogens (tertiary/aromatic N) is 1. The molecule has 0 bridgehead atoms. The Bertz CT molecular complexity index is 745. The number of hydrogen-bond acceptors (Lipinski definition) is 4. The number of carbonyl (C=O) groups excluding carboxylic acids is 4. The Balaban J connectivity index is 2.03. The van der Waals surface area contributed by atoms with Gasteiger partial charge >= 0.3 is 0 Å². The Morgan fingerprint density at radius 1 is 1.19 bits per heavy atom. The maximum atomic E-state index is 12.5. The number of rotatable bonds is 1. The first-order chi connectivity index (χ1) is 10.0. The third kappa shape index (κ3) is 1.82. The monoisotopic (exact) mass is 282 g/mol. The molecule has 1 unspecified atom stereocenters. The molecule has 1 fully saturated rings. The summed E-state index contributed by atoms with van der Waals surface area (Å²) in [6, 6.07) is 3.69. The lowest BCUT2D eigenvalue weighted by Gasteiger charge is -2.27.